The molecule has 0 bridgehead atoms. The summed E-state index contributed by atoms with van der Waals surface area (Å²) in [6.07, 6.45) is 0.478. The molecule has 0 aliphatic rings. The minimum Gasteiger partial charge on any atom is -0.339 e. The zero-order chi connectivity index (χ0) is 13.0. The van der Waals surface area contributed by atoms with Crippen LogP contribution >= 0.6 is 39.1 Å². The van der Waals surface area contributed by atoms with E-state index in [0.717, 1.165) is 5.56 Å². The number of carbonyl (C=O) groups is 1. The first-order valence-corrected chi connectivity index (χ1v) is 7.11. The van der Waals surface area contributed by atoms with E-state index in [9.17, 15) is 4.79 Å². The lowest BCUT2D eigenvalue weighted by Gasteiger charge is -2.26. The molecule has 0 fully saturated rings. The molecule has 1 amide bonds. The topological polar surface area (TPSA) is 20.3 Å². The van der Waals surface area contributed by atoms with Gasteiger partial charge in [-0.2, -0.15) is 0 Å². The number of nitrogens with zero attached hydrogens (tertiary/aromatic N) is 1. The minimum atomic E-state index is -0.0636. The Morgan fingerprint density at radius 1 is 1.47 bits per heavy atom. The smallest absolute Gasteiger partial charge is 0.223 e. The van der Waals surface area contributed by atoms with Crippen LogP contribution in [-0.2, 0) is 4.79 Å². The molecule has 1 unspecified atom stereocenters. The van der Waals surface area contributed by atoms with Gasteiger partial charge in [0.2, 0.25) is 5.91 Å². The molecule has 1 atom stereocenters. The Balaban J connectivity index is 2.88. The van der Waals surface area contributed by atoms with E-state index in [1.54, 1.807) is 24.1 Å². The number of amides is 1. The van der Waals surface area contributed by atoms with Gasteiger partial charge in [-0.15, -0.1) is 0 Å². The number of hydrogen-bond donors (Lipinski definition) is 0. The molecule has 2 nitrogen and oxygen atoms in total. The molecule has 0 N–H and O–H groups in total. The first kappa shape index (κ1) is 14.8. The summed E-state index contributed by atoms with van der Waals surface area (Å²) < 4.78 is 0. The van der Waals surface area contributed by atoms with Gasteiger partial charge in [-0.1, -0.05) is 45.2 Å². The fraction of sp³-hybridized carbons (Fsp3) is 0.417. The lowest BCUT2D eigenvalue weighted by atomic mass is 10.1. The lowest BCUT2D eigenvalue weighted by molar-refractivity contribution is -0.131. The SMILES string of the molecule is CC(c1ccc(Cl)cc1Cl)N(C)C(=O)CCBr. The Labute approximate surface area is 120 Å². The van der Waals surface area contributed by atoms with E-state index >= 15 is 0 Å². The maximum absolute atomic E-state index is 11.8. The van der Waals surface area contributed by atoms with Crippen molar-refractivity contribution in [2.75, 3.05) is 12.4 Å². The predicted molar refractivity (Wildman–Crippen MR) is 76.1 cm³/mol. The maximum Gasteiger partial charge on any atom is 0.223 e. The summed E-state index contributed by atoms with van der Waals surface area (Å²) in [7, 11) is 1.78. The van der Waals surface area contributed by atoms with Crippen molar-refractivity contribution in [3.8, 4) is 0 Å². The molecule has 94 valence electrons. The molecule has 0 heterocycles. The number of hydrogen-bond acceptors (Lipinski definition) is 1. The van der Waals surface area contributed by atoms with Crippen molar-refractivity contribution in [3.05, 3.63) is 33.8 Å². The Kier molecular flexibility index (Phi) is 5.77. The van der Waals surface area contributed by atoms with Gasteiger partial charge in [0.05, 0.1) is 6.04 Å². The van der Waals surface area contributed by atoms with E-state index in [1.807, 2.05) is 13.0 Å². The van der Waals surface area contributed by atoms with Crippen LogP contribution in [0.2, 0.25) is 10.0 Å². The van der Waals surface area contributed by atoms with Gasteiger partial charge in [0.1, 0.15) is 0 Å². The largest absolute Gasteiger partial charge is 0.339 e. The van der Waals surface area contributed by atoms with Crippen molar-refractivity contribution in [2.45, 2.75) is 19.4 Å². The highest BCUT2D eigenvalue weighted by atomic mass is 79.9. The molecule has 0 radical (unpaired) electrons. The number of carbonyl (C=O) groups excluding carboxylic acids is 1. The molecule has 17 heavy (non-hydrogen) atoms. The summed E-state index contributed by atoms with van der Waals surface area (Å²) in [5.41, 5.74) is 0.904. The molecule has 1 aromatic rings. The highest BCUT2D eigenvalue weighted by Crippen LogP contribution is 2.29. The van der Waals surface area contributed by atoms with Gasteiger partial charge in [0.15, 0.2) is 0 Å². The third-order valence-electron chi connectivity index (χ3n) is 2.70. The van der Waals surface area contributed by atoms with Crippen LogP contribution < -0.4 is 0 Å². The average molecular weight is 339 g/mol. The Bertz CT molecular complexity index is 411. The Hall–Kier alpha value is -0.250. The molecule has 0 aromatic heterocycles. The van der Waals surface area contributed by atoms with E-state index < -0.39 is 0 Å². The molecule has 0 aliphatic heterocycles. The van der Waals surface area contributed by atoms with Gasteiger partial charge in [-0.3, -0.25) is 4.79 Å². The molecule has 0 saturated carbocycles. The van der Waals surface area contributed by atoms with Crippen LogP contribution in [0, 0.1) is 0 Å². The minimum absolute atomic E-state index is 0.0636. The normalized spacial score (nSPS) is 12.3. The van der Waals surface area contributed by atoms with Crippen LogP contribution in [0.5, 0.6) is 0 Å². The average Bonchev–Trinajstić information content (AvgIpc) is 2.27. The highest BCUT2D eigenvalue weighted by molar-refractivity contribution is 9.09. The van der Waals surface area contributed by atoms with E-state index in [1.165, 1.54) is 0 Å². The van der Waals surface area contributed by atoms with Gasteiger partial charge in [0, 0.05) is 28.8 Å². The summed E-state index contributed by atoms with van der Waals surface area (Å²) in [4.78, 5) is 13.5. The van der Waals surface area contributed by atoms with E-state index in [0.29, 0.717) is 21.8 Å². The van der Waals surface area contributed by atoms with Crippen LogP contribution in [0.15, 0.2) is 18.2 Å². The fourth-order valence-electron chi connectivity index (χ4n) is 1.52. The summed E-state index contributed by atoms with van der Waals surface area (Å²) in [5.74, 6) is 0.0837. The zero-order valence-corrected chi connectivity index (χ0v) is 12.8. The monoisotopic (exact) mass is 337 g/mol. The number of rotatable bonds is 4. The summed E-state index contributed by atoms with van der Waals surface area (Å²) in [6, 6.07) is 5.26. The van der Waals surface area contributed by atoms with Crippen molar-refractivity contribution >= 4 is 45.0 Å². The molecule has 0 saturated heterocycles. The maximum atomic E-state index is 11.8. The van der Waals surface area contributed by atoms with Crippen LogP contribution in [0.4, 0.5) is 0 Å². The second-order valence-electron chi connectivity index (χ2n) is 3.79. The number of alkyl halides is 1. The van der Waals surface area contributed by atoms with Crippen molar-refractivity contribution in [3.63, 3.8) is 0 Å². The molecule has 1 rings (SSSR count). The van der Waals surface area contributed by atoms with Gasteiger partial charge < -0.3 is 4.90 Å². The van der Waals surface area contributed by atoms with Crippen LogP contribution in [0.3, 0.4) is 0 Å². The highest BCUT2D eigenvalue weighted by Gasteiger charge is 2.18. The van der Waals surface area contributed by atoms with Crippen molar-refractivity contribution in [1.82, 2.24) is 4.90 Å². The summed E-state index contributed by atoms with van der Waals surface area (Å²) >= 11 is 15.2. The second-order valence-corrected chi connectivity index (χ2v) is 5.42. The van der Waals surface area contributed by atoms with Gasteiger partial charge in [-0.25, -0.2) is 0 Å². The zero-order valence-electron chi connectivity index (χ0n) is 9.71. The van der Waals surface area contributed by atoms with Crippen molar-refractivity contribution in [2.24, 2.45) is 0 Å². The Morgan fingerprint density at radius 3 is 2.65 bits per heavy atom. The quantitative estimate of drug-likeness (QED) is 0.749. The Morgan fingerprint density at radius 2 is 2.12 bits per heavy atom. The van der Waals surface area contributed by atoms with Gasteiger partial charge >= 0.3 is 0 Å². The molecule has 1 aromatic carbocycles. The third kappa shape index (κ3) is 3.87. The first-order valence-electron chi connectivity index (χ1n) is 5.24. The summed E-state index contributed by atoms with van der Waals surface area (Å²) in [6.45, 7) is 1.95. The fourth-order valence-corrected chi connectivity index (χ4v) is 2.43. The standard InChI is InChI=1S/C12H14BrCl2NO/c1-8(16(2)12(17)5-6-13)10-4-3-9(14)7-11(10)15/h3-4,7-8H,5-6H2,1-2H3. The van der Waals surface area contributed by atoms with E-state index in [2.05, 4.69) is 15.9 Å². The summed E-state index contributed by atoms with van der Waals surface area (Å²) in [5, 5.41) is 1.85. The van der Waals surface area contributed by atoms with Crippen molar-refractivity contribution in [1.29, 1.82) is 0 Å². The van der Waals surface area contributed by atoms with Gasteiger partial charge in [-0.05, 0) is 24.6 Å². The van der Waals surface area contributed by atoms with Crippen LogP contribution in [0.1, 0.15) is 24.9 Å². The third-order valence-corrected chi connectivity index (χ3v) is 3.65. The molecular weight excluding hydrogens is 325 g/mol. The number of halogens is 3. The van der Waals surface area contributed by atoms with Gasteiger partial charge in [0.25, 0.3) is 0 Å². The first-order chi connectivity index (χ1) is 7.97. The number of benzene rings is 1. The molecule has 0 spiro atoms. The van der Waals surface area contributed by atoms with Crippen LogP contribution in [0.25, 0.3) is 0 Å². The van der Waals surface area contributed by atoms with Crippen molar-refractivity contribution < 1.29 is 4.79 Å². The predicted octanol–water partition coefficient (Wildman–Crippen LogP) is 4.30. The van der Waals surface area contributed by atoms with E-state index in [4.69, 9.17) is 23.2 Å². The molecule has 5 heteroatoms. The van der Waals surface area contributed by atoms with Crippen LogP contribution in [-0.4, -0.2) is 23.2 Å². The second kappa shape index (κ2) is 6.62. The van der Waals surface area contributed by atoms with E-state index in [-0.39, 0.29) is 11.9 Å². The lowest BCUT2D eigenvalue weighted by Crippen LogP contribution is -2.29. The molecular formula is C12H14BrCl2NO. The molecule has 0 aliphatic carbocycles.